The molecule has 0 aliphatic heterocycles. The van der Waals surface area contributed by atoms with Crippen LogP contribution in [-0.2, 0) is 12.2 Å². The van der Waals surface area contributed by atoms with E-state index < -0.39 is 0 Å². The highest BCUT2D eigenvalue weighted by atomic mass is 35.5. The number of methoxy groups -OCH3 is 1. The van der Waals surface area contributed by atoms with E-state index in [0.717, 1.165) is 15.8 Å². The zero-order chi connectivity index (χ0) is 21.6. The second-order valence-corrected chi connectivity index (χ2v) is 8.14. The Labute approximate surface area is 188 Å². The van der Waals surface area contributed by atoms with Gasteiger partial charge in [0, 0.05) is 29.3 Å². The first-order valence-electron chi connectivity index (χ1n) is 9.63. The van der Waals surface area contributed by atoms with E-state index in [9.17, 15) is 4.79 Å². The minimum atomic E-state index is -0.149. The summed E-state index contributed by atoms with van der Waals surface area (Å²) in [6.45, 7) is 0.426. The van der Waals surface area contributed by atoms with Crippen molar-refractivity contribution >= 4 is 34.9 Å². The molecule has 0 saturated carbocycles. The molecule has 0 fully saturated rings. The number of ether oxygens (including phenoxy) is 1. The standard InChI is InChI=1S/C22H20ClN5O2S/c1-30-18-8-4-16(5-9-18)22(29)24-13-12-20-26-25-19-10-11-21(27-28(19)20)31-14-15-2-6-17(23)7-3-15/h2-11H,12-14H2,1H3,(H,24,29). The van der Waals surface area contributed by atoms with Crippen molar-refractivity contribution in [2.24, 2.45) is 0 Å². The van der Waals surface area contributed by atoms with Crippen molar-refractivity contribution < 1.29 is 9.53 Å². The van der Waals surface area contributed by atoms with Crippen molar-refractivity contribution in [2.45, 2.75) is 17.2 Å². The van der Waals surface area contributed by atoms with Crippen LogP contribution in [0.15, 0.2) is 65.7 Å². The topological polar surface area (TPSA) is 81.4 Å². The lowest BCUT2D eigenvalue weighted by atomic mass is 10.2. The van der Waals surface area contributed by atoms with Gasteiger partial charge in [0.05, 0.1) is 7.11 Å². The van der Waals surface area contributed by atoms with Gasteiger partial charge in [-0.1, -0.05) is 35.5 Å². The van der Waals surface area contributed by atoms with Crippen LogP contribution in [0.5, 0.6) is 5.75 Å². The maximum Gasteiger partial charge on any atom is 0.251 e. The molecule has 1 N–H and O–H groups in total. The third-order valence-electron chi connectivity index (χ3n) is 4.59. The van der Waals surface area contributed by atoms with Crippen molar-refractivity contribution in [3.8, 4) is 5.75 Å². The van der Waals surface area contributed by atoms with Gasteiger partial charge in [-0.15, -0.1) is 10.2 Å². The Hall–Kier alpha value is -3.10. The summed E-state index contributed by atoms with van der Waals surface area (Å²) in [7, 11) is 1.59. The lowest BCUT2D eigenvalue weighted by Gasteiger charge is -2.06. The molecule has 0 saturated heterocycles. The maximum atomic E-state index is 12.3. The molecule has 158 valence electrons. The van der Waals surface area contributed by atoms with Crippen molar-refractivity contribution in [1.82, 2.24) is 25.1 Å². The molecule has 2 aromatic heterocycles. The fourth-order valence-corrected chi connectivity index (χ4v) is 3.86. The molecule has 0 aliphatic carbocycles. The first kappa shape index (κ1) is 21.1. The van der Waals surface area contributed by atoms with Gasteiger partial charge in [0.15, 0.2) is 11.5 Å². The number of rotatable bonds is 8. The van der Waals surface area contributed by atoms with Crippen LogP contribution in [-0.4, -0.2) is 39.4 Å². The number of thioether (sulfide) groups is 1. The van der Waals surface area contributed by atoms with Crippen LogP contribution in [0.3, 0.4) is 0 Å². The molecular formula is C22H20ClN5O2S. The molecule has 31 heavy (non-hydrogen) atoms. The average Bonchev–Trinajstić information content (AvgIpc) is 3.21. The van der Waals surface area contributed by atoms with Gasteiger partial charge in [0.2, 0.25) is 0 Å². The molecule has 2 heterocycles. The van der Waals surface area contributed by atoms with E-state index in [1.165, 1.54) is 5.56 Å². The fraction of sp³-hybridized carbons (Fsp3) is 0.182. The van der Waals surface area contributed by atoms with E-state index >= 15 is 0 Å². The van der Waals surface area contributed by atoms with E-state index in [1.807, 2.05) is 36.4 Å². The molecular weight excluding hydrogens is 434 g/mol. The quantitative estimate of drug-likeness (QED) is 0.405. The van der Waals surface area contributed by atoms with E-state index in [4.69, 9.17) is 16.3 Å². The number of fused-ring (bicyclic) bond motifs is 1. The van der Waals surface area contributed by atoms with Crippen LogP contribution in [0.2, 0.25) is 5.02 Å². The number of hydrogen-bond donors (Lipinski definition) is 1. The molecule has 7 nitrogen and oxygen atoms in total. The molecule has 0 radical (unpaired) electrons. The van der Waals surface area contributed by atoms with Gasteiger partial charge in [-0.3, -0.25) is 4.79 Å². The summed E-state index contributed by atoms with van der Waals surface area (Å²) in [6, 6.07) is 18.6. The van der Waals surface area contributed by atoms with Gasteiger partial charge in [-0.2, -0.15) is 9.61 Å². The lowest BCUT2D eigenvalue weighted by Crippen LogP contribution is -2.26. The first-order chi connectivity index (χ1) is 15.1. The number of aromatic nitrogens is 4. The summed E-state index contributed by atoms with van der Waals surface area (Å²) in [4.78, 5) is 12.3. The Morgan fingerprint density at radius 2 is 1.84 bits per heavy atom. The van der Waals surface area contributed by atoms with Crippen LogP contribution in [0.1, 0.15) is 21.7 Å². The molecule has 2 aromatic carbocycles. The largest absolute Gasteiger partial charge is 0.497 e. The van der Waals surface area contributed by atoms with Gasteiger partial charge in [0.1, 0.15) is 10.8 Å². The Balaban J connectivity index is 1.36. The highest BCUT2D eigenvalue weighted by Gasteiger charge is 2.10. The molecule has 1 amide bonds. The number of halogens is 1. The number of benzene rings is 2. The van der Waals surface area contributed by atoms with Gasteiger partial charge in [0.25, 0.3) is 5.91 Å². The zero-order valence-corrected chi connectivity index (χ0v) is 18.4. The Kier molecular flexibility index (Phi) is 6.69. The summed E-state index contributed by atoms with van der Waals surface area (Å²) < 4.78 is 6.84. The maximum absolute atomic E-state index is 12.3. The smallest absolute Gasteiger partial charge is 0.251 e. The number of nitrogens with zero attached hydrogens (tertiary/aromatic N) is 4. The highest BCUT2D eigenvalue weighted by Crippen LogP contribution is 2.22. The van der Waals surface area contributed by atoms with Crippen LogP contribution in [0.25, 0.3) is 5.65 Å². The molecule has 4 rings (SSSR count). The third kappa shape index (κ3) is 5.34. The van der Waals surface area contributed by atoms with Gasteiger partial charge in [-0.05, 0) is 54.1 Å². The molecule has 4 aromatic rings. The first-order valence-corrected chi connectivity index (χ1v) is 11.0. The SMILES string of the molecule is COc1ccc(C(=O)NCCc2nnc3ccc(SCc4ccc(Cl)cc4)nn23)cc1. The molecule has 0 bridgehead atoms. The molecule has 9 heteroatoms. The van der Waals surface area contributed by atoms with Crippen molar-refractivity contribution in [3.05, 3.63) is 82.6 Å². The van der Waals surface area contributed by atoms with Crippen LogP contribution in [0, 0.1) is 0 Å². The van der Waals surface area contributed by atoms with E-state index in [2.05, 4.69) is 20.6 Å². The van der Waals surface area contributed by atoms with Crippen LogP contribution < -0.4 is 10.1 Å². The monoisotopic (exact) mass is 453 g/mol. The number of nitrogens with one attached hydrogen (secondary N) is 1. The summed E-state index contributed by atoms with van der Waals surface area (Å²) in [5, 5.41) is 17.5. The summed E-state index contributed by atoms with van der Waals surface area (Å²) in [5.74, 6) is 2.04. The minimum absolute atomic E-state index is 0.149. The van der Waals surface area contributed by atoms with Crippen LogP contribution >= 0.6 is 23.4 Å². The number of hydrogen-bond acceptors (Lipinski definition) is 6. The van der Waals surface area contributed by atoms with Gasteiger partial charge >= 0.3 is 0 Å². The fourth-order valence-electron chi connectivity index (χ4n) is 2.92. The summed E-state index contributed by atoms with van der Waals surface area (Å²) in [6.07, 6.45) is 0.515. The lowest BCUT2D eigenvalue weighted by molar-refractivity contribution is 0.0954. The van der Waals surface area contributed by atoms with Crippen molar-refractivity contribution in [1.29, 1.82) is 0 Å². The highest BCUT2D eigenvalue weighted by molar-refractivity contribution is 7.98. The van der Waals surface area contributed by atoms with Crippen molar-refractivity contribution in [3.63, 3.8) is 0 Å². The number of amides is 1. The number of carbonyl (C=O) groups is 1. The average molecular weight is 454 g/mol. The third-order valence-corrected chi connectivity index (χ3v) is 5.83. The normalized spacial score (nSPS) is 10.9. The Morgan fingerprint density at radius 1 is 1.06 bits per heavy atom. The van der Waals surface area contributed by atoms with E-state index in [0.29, 0.717) is 35.8 Å². The Bertz CT molecular complexity index is 1180. The molecule has 0 unspecified atom stereocenters. The summed E-state index contributed by atoms with van der Waals surface area (Å²) in [5.41, 5.74) is 2.42. The second kappa shape index (κ2) is 9.80. The predicted octanol–water partition coefficient (Wildman–Crippen LogP) is 4.05. The van der Waals surface area contributed by atoms with Gasteiger partial charge < -0.3 is 10.1 Å². The predicted molar refractivity (Wildman–Crippen MR) is 121 cm³/mol. The molecule has 0 atom stereocenters. The van der Waals surface area contributed by atoms with Gasteiger partial charge in [-0.25, -0.2) is 0 Å². The minimum Gasteiger partial charge on any atom is -0.497 e. The zero-order valence-electron chi connectivity index (χ0n) is 16.8. The second-order valence-electron chi connectivity index (χ2n) is 6.71. The number of carbonyl (C=O) groups excluding carboxylic acids is 1. The van der Waals surface area contributed by atoms with E-state index in [-0.39, 0.29) is 5.91 Å². The molecule has 0 aliphatic rings. The summed E-state index contributed by atoms with van der Waals surface area (Å²) >= 11 is 7.56. The van der Waals surface area contributed by atoms with E-state index in [1.54, 1.807) is 47.7 Å². The Morgan fingerprint density at radius 3 is 2.58 bits per heavy atom. The van der Waals surface area contributed by atoms with Crippen molar-refractivity contribution in [2.75, 3.05) is 13.7 Å². The van der Waals surface area contributed by atoms with Crippen LogP contribution in [0.4, 0.5) is 0 Å². The molecule has 0 spiro atoms.